The van der Waals surface area contributed by atoms with Crippen LogP contribution in [0.1, 0.15) is 34.7 Å². The topological polar surface area (TPSA) is 89.0 Å². The zero-order chi connectivity index (χ0) is 23.7. The van der Waals surface area contributed by atoms with Gasteiger partial charge in [0.15, 0.2) is 0 Å². The van der Waals surface area contributed by atoms with Crippen LogP contribution in [-0.4, -0.2) is 40.4 Å². The van der Waals surface area contributed by atoms with Crippen molar-refractivity contribution >= 4 is 17.4 Å². The van der Waals surface area contributed by atoms with Gasteiger partial charge < -0.3 is 19.5 Å². The van der Waals surface area contributed by atoms with Crippen molar-refractivity contribution in [2.45, 2.75) is 25.4 Å². The zero-order valence-corrected chi connectivity index (χ0v) is 18.7. The van der Waals surface area contributed by atoms with Crippen molar-refractivity contribution in [3.8, 4) is 11.5 Å². The number of hydrogen-bond acceptors (Lipinski definition) is 6. The molecule has 0 saturated carbocycles. The van der Waals surface area contributed by atoms with Crippen LogP contribution < -0.4 is 9.47 Å². The molecular formula is C27H24N2O5. The molecule has 7 nitrogen and oxygen atoms in total. The molecule has 7 heteroatoms. The number of pyridine rings is 1. The van der Waals surface area contributed by atoms with Crippen molar-refractivity contribution in [1.82, 2.24) is 9.88 Å². The van der Waals surface area contributed by atoms with E-state index in [0.29, 0.717) is 23.5 Å². The molecular weight excluding hydrogens is 432 g/mol. The van der Waals surface area contributed by atoms with Crippen LogP contribution in [0, 0.1) is 0 Å². The summed E-state index contributed by atoms with van der Waals surface area (Å²) in [5, 5.41) is 11.3. The van der Waals surface area contributed by atoms with E-state index in [-0.39, 0.29) is 17.9 Å². The minimum atomic E-state index is -0.768. The maximum absolute atomic E-state index is 13.3. The van der Waals surface area contributed by atoms with Gasteiger partial charge >= 0.3 is 0 Å². The Hall–Kier alpha value is -4.13. The number of fused-ring (bicyclic) bond motifs is 1. The number of methoxy groups -OCH3 is 1. The van der Waals surface area contributed by atoms with Crippen LogP contribution in [0.2, 0.25) is 0 Å². The molecule has 0 aliphatic carbocycles. The van der Waals surface area contributed by atoms with Gasteiger partial charge in [-0.2, -0.15) is 0 Å². The van der Waals surface area contributed by atoms with Gasteiger partial charge in [-0.05, 0) is 72.0 Å². The van der Waals surface area contributed by atoms with Gasteiger partial charge in [-0.15, -0.1) is 0 Å². The van der Waals surface area contributed by atoms with Crippen LogP contribution in [0.15, 0.2) is 72.6 Å². The highest BCUT2D eigenvalue weighted by molar-refractivity contribution is 6.46. The van der Waals surface area contributed by atoms with E-state index in [1.807, 2.05) is 12.1 Å². The van der Waals surface area contributed by atoms with Gasteiger partial charge in [0, 0.05) is 24.5 Å². The molecule has 34 heavy (non-hydrogen) atoms. The van der Waals surface area contributed by atoms with Gasteiger partial charge in [-0.3, -0.25) is 14.6 Å². The normalized spacial score (nSPS) is 19.0. The second kappa shape index (κ2) is 9.02. The SMILES string of the molecule is COc1cccc(C2/C(=C(/O)c3ccc4c(c3)CCCO4)C(=O)C(=O)N2Cc2ccncc2)c1. The molecule has 2 aliphatic heterocycles. The van der Waals surface area contributed by atoms with E-state index in [2.05, 4.69) is 4.98 Å². The summed E-state index contributed by atoms with van der Waals surface area (Å²) in [4.78, 5) is 32.0. The first-order valence-electron chi connectivity index (χ1n) is 11.1. The highest BCUT2D eigenvalue weighted by Crippen LogP contribution is 2.41. The van der Waals surface area contributed by atoms with Crippen LogP contribution in [0.3, 0.4) is 0 Å². The number of ketones is 1. The molecule has 3 aromatic rings. The predicted octanol–water partition coefficient (Wildman–Crippen LogP) is 4.04. The van der Waals surface area contributed by atoms with E-state index >= 15 is 0 Å². The molecule has 1 N–H and O–H groups in total. The third-order valence-corrected chi connectivity index (χ3v) is 6.23. The monoisotopic (exact) mass is 456 g/mol. The Morgan fingerprint density at radius 1 is 1.15 bits per heavy atom. The molecule has 1 aromatic heterocycles. The van der Waals surface area contributed by atoms with Crippen molar-refractivity contribution < 1.29 is 24.2 Å². The molecule has 0 bridgehead atoms. The first kappa shape index (κ1) is 21.7. The number of carbonyl (C=O) groups is 2. The first-order chi connectivity index (χ1) is 16.6. The summed E-state index contributed by atoms with van der Waals surface area (Å²) >= 11 is 0. The lowest BCUT2D eigenvalue weighted by atomic mass is 9.93. The van der Waals surface area contributed by atoms with Crippen LogP contribution >= 0.6 is 0 Å². The minimum Gasteiger partial charge on any atom is -0.507 e. The number of likely N-dealkylation sites (tertiary alicyclic amines) is 1. The number of aryl methyl sites for hydroxylation is 1. The van der Waals surface area contributed by atoms with Gasteiger partial charge in [-0.1, -0.05) is 12.1 Å². The number of nitrogens with zero attached hydrogens (tertiary/aromatic N) is 2. The summed E-state index contributed by atoms with van der Waals surface area (Å²) in [5.74, 6) is -0.194. The molecule has 0 radical (unpaired) electrons. The minimum absolute atomic E-state index is 0.0592. The number of Topliss-reactive ketones (excluding diaryl/α,β-unsaturated/α-hetero) is 1. The number of hydrogen-bond donors (Lipinski definition) is 1. The second-order valence-electron chi connectivity index (χ2n) is 8.33. The van der Waals surface area contributed by atoms with Gasteiger partial charge in [0.2, 0.25) is 0 Å². The predicted molar refractivity (Wildman–Crippen MR) is 125 cm³/mol. The van der Waals surface area contributed by atoms with E-state index < -0.39 is 17.7 Å². The Kier molecular flexibility index (Phi) is 5.76. The maximum atomic E-state index is 13.3. The van der Waals surface area contributed by atoms with E-state index in [1.54, 1.807) is 62.0 Å². The third kappa shape index (κ3) is 3.90. The number of carbonyl (C=O) groups excluding carboxylic acids is 2. The van der Waals surface area contributed by atoms with Crippen molar-refractivity contribution in [3.05, 3.63) is 94.8 Å². The summed E-state index contributed by atoms with van der Waals surface area (Å²) in [6.45, 7) is 0.859. The summed E-state index contributed by atoms with van der Waals surface area (Å²) < 4.78 is 11.1. The first-order valence-corrected chi connectivity index (χ1v) is 11.1. The fourth-order valence-corrected chi connectivity index (χ4v) is 4.55. The zero-order valence-electron chi connectivity index (χ0n) is 18.7. The Balaban J connectivity index is 1.64. The lowest BCUT2D eigenvalue weighted by Crippen LogP contribution is -2.29. The highest BCUT2D eigenvalue weighted by atomic mass is 16.5. The van der Waals surface area contributed by atoms with Gasteiger partial charge in [0.25, 0.3) is 11.7 Å². The van der Waals surface area contributed by atoms with Crippen molar-refractivity contribution in [1.29, 1.82) is 0 Å². The summed E-state index contributed by atoms with van der Waals surface area (Å²) in [6.07, 6.45) is 4.99. The molecule has 172 valence electrons. The maximum Gasteiger partial charge on any atom is 0.295 e. The number of benzene rings is 2. The fraction of sp³-hybridized carbons (Fsp3) is 0.222. The number of amides is 1. The van der Waals surface area contributed by atoms with E-state index in [4.69, 9.17) is 9.47 Å². The highest BCUT2D eigenvalue weighted by Gasteiger charge is 2.46. The largest absolute Gasteiger partial charge is 0.507 e. The molecule has 2 aromatic carbocycles. The summed E-state index contributed by atoms with van der Waals surface area (Å²) in [7, 11) is 1.56. The van der Waals surface area contributed by atoms with Crippen LogP contribution in [-0.2, 0) is 22.6 Å². The molecule has 1 unspecified atom stereocenters. The van der Waals surface area contributed by atoms with Crippen LogP contribution in [0.25, 0.3) is 5.76 Å². The molecule has 3 heterocycles. The standard InChI is InChI=1S/C27H24N2O5/c1-33-21-6-2-4-19(15-21)24-23(25(30)20-7-8-22-18(14-20)5-3-13-34-22)26(31)27(32)29(24)16-17-9-11-28-12-10-17/h2,4,6-12,14-15,24,30H,3,5,13,16H2,1H3/b25-23-. The average molecular weight is 456 g/mol. The molecule has 1 amide bonds. The second-order valence-corrected chi connectivity index (χ2v) is 8.33. The van der Waals surface area contributed by atoms with Crippen molar-refractivity contribution in [2.24, 2.45) is 0 Å². The molecule has 0 spiro atoms. The Bertz CT molecular complexity index is 1290. The van der Waals surface area contributed by atoms with E-state index in [9.17, 15) is 14.7 Å². The third-order valence-electron chi connectivity index (χ3n) is 6.23. The Morgan fingerprint density at radius 2 is 1.97 bits per heavy atom. The number of ether oxygens (including phenoxy) is 2. The van der Waals surface area contributed by atoms with Crippen molar-refractivity contribution in [2.75, 3.05) is 13.7 Å². The quantitative estimate of drug-likeness (QED) is 0.354. The van der Waals surface area contributed by atoms with Gasteiger partial charge in [-0.25, -0.2) is 0 Å². The molecule has 5 rings (SSSR count). The van der Waals surface area contributed by atoms with Crippen LogP contribution in [0.5, 0.6) is 11.5 Å². The Labute approximate surface area is 197 Å². The van der Waals surface area contributed by atoms with Crippen LogP contribution in [0.4, 0.5) is 0 Å². The number of aliphatic hydroxyl groups is 1. The van der Waals surface area contributed by atoms with E-state index in [1.165, 1.54) is 4.90 Å². The number of aliphatic hydroxyl groups excluding tert-OH is 1. The molecule has 1 fully saturated rings. The molecule has 1 saturated heterocycles. The lowest BCUT2D eigenvalue weighted by Gasteiger charge is -2.26. The smallest absolute Gasteiger partial charge is 0.295 e. The fourth-order valence-electron chi connectivity index (χ4n) is 4.55. The number of aromatic nitrogens is 1. The molecule has 2 aliphatic rings. The summed E-state index contributed by atoms with van der Waals surface area (Å²) in [6, 6.07) is 15.4. The summed E-state index contributed by atoms with van der Waals surface area (Å²) in [5.41, 5.74) is 3.02. The van der Waals surface area contributed by atoms with Crippen molar-refractivity contribution in [3.63, 3.8) is 0 Å². The lowest BCUT2D eigenvalue weighted by molar-refractivity contribution is -0.140. The van der Waals surface area contributed by atoms with E-state index in [0.717, 1.165) is 29.7 Å². The number of rotatable bonds is 5. The van der Waals surface area contributed by atoms with Gasteiger partial charge in [0.1, 0.15) is 17.3 Å². The van der Waals surface area contributed by atoms with Gasteiger partial charge in [0.05, 0.1) is 25.3 Å². The molecule has 1 atom stereocenters. The Morgan fingerprint density at radius 3 is 2.76 bits per heavy atom. The average Bonchev–Trinajstić information content (AvgIpc) is 3.13.